The Kier molecular flexibility index (Phi) is 6.91. The van der Waals surface area contributed by atoms with E-state index < -0.39 is 11.7 Å². The maximum absolute atomic E-state index is 13.5. The number of carbonyl (C=O) groups is 1. The van der Waals surface area contributed by atoms with E-state index in [1.54, 1.807) is 0 Å². The Morgan fingerprint density at radius 2 is 1.97 bits per heavy atom. The van der Waals surface area contributed by atoms with E-state index in [-0.39, 0.29) is 28.7 Å². The number of aromatic nitrogens is 2. The van der Waals surface area contributed by atoms with Gasteiger partial charge in [-0.25, -0.2) is 9.37 Å². The molecule has 4 rings (SSSR count). The summed E-state index contributed by atoms with van der Waals surface area (Å²) in [6, 6.07) is 13.9. The van der Waals surface area contributed by atoms with Crippen LogP contribution in [0.4, 0.5) is 10.1 Å². The van der Waals surface area contributed by atoms with Gasteiger partial charge in [-0.3, -0.25) is 19.1 Å². The van der Waals surface area contributed by atoms with Crippen molar-refractivity contribution in [2.45, 2.75) is 45.8 Å². The van der Waals surface area contributed by atoms with E-state index in [9.17, 15) is 14.0 Å². The highest BCUT2D eigenvalue weighted by Gasteiger charge is 2.25. The Labute approximate surface area is 197 Å². The van der Waals surface area contributed by atoms with Crippen molar-refractivity contribution >= 4 is 23.2 Å². The predicted octanol–water partition coefficient (Wildman–Crippen LogP) is 4.36. The Balaban J connectivity index is 1.58. The lowest BCUT2D eigenvalue weighted by atomic mass is 10.0. The molecular weight excluding hydrogens is 443 g/mol. The molecule has 0 unspecified atom stereocenters. The van der Waals surface area contributed by atoms with E-state index in [0.29, 0.717) is 24.4 Å². The number of carbonyl (C=O) groups excluding carboxylic acids is 1. The van der Waals surface area contributed by atoms with E-state index in [1.807, 2.05) is 32.0 Å². The molecule has 8 heteroatoms. The molecule has 0 atom stereocenters. The molecule has 6 nitrogen and oxygen atoms in total. The number of fused-ring (bicyclic) bond motifs is 1. The van der Waals surface area contributed by atoms with Gasteiger partial charge in [0.15, 0.2) is 0 Å². The van der Waals surface area contributed by atoms with Crippen molar-refractivity contribution in [3.8, 4) is 0 Å². The minimum Gasteiger partial charge on any atom is -0.323 e. The Morgan fingerprint density at radius 1 is 1.21 bits per heavy atom. The third-order valence-electron chi connectivity index (χ3n) is 5.70. The molecule has 1 amide bonds. The van der Waals surface area contributed by atoms with Crippen LogP contribution in [0, 0.1) is 5.82 Å². The van der Waals surface area contributed by atoms with Crippen molar-refractivity contribution in [1.82, 2.24) is 14.5 Å². The van der Waals surface area contributed by atoms with Crippen LogP contribution in [0.5, 0.6) is 0 Å². The maximum atomic E-state index is 13.5. The molecule has 2 aromatic carbocycles. The zero-order valence-corrected chi connectivity index (χ0v) is 19.4. The fourth-order valence-corrected chi connectivity index (χ4v) is 4.26. The molecule has 0 radical (unpaired) electrons. The summed E-state index contributed by atoms with van der Waals surface area (Å²) in [5.74, 6) is -0.473. The van der Waals surface area contributed by atoms with Crippen molar-refractivity contribution in [2.75, 3.05) is 11.9 Å². The van der Waals surface area contributed by atoms with Gasteiger partial charge in [-0.15, -0.1) is 0 Å². The number of nitrogens with one attached hydrogen (secondary N) is 1. The number of halogens is 2. The van der Waals surface area contributed by atoms with Crippen LogP contribution in [0.2, 0.25) is 5.02 Å². The van der Waals surface area contributed by atoms with Crippen molar-refractivity contribution in [3.63, 3.8) is 0 Å². The summed E-state index contributed by atoms with van der Waals surface area (Å²) < 4.78 is 15.0. The highest BCUT2D eigenvalue weighted by atomic mass is 35.5. The van der Waals surface area contributed by atoms with Gasteiger partial charge in [-0.1, -0.05) is 55.8 Å². The number of hydrogen-bond donors (Lipinski definition) is 1. The molecule has 2 heterocycles. The number of amides is 1. The first kappa shape index (κ1) is 23.1. The van der Waals surface area contributed by atoms with Gasteiger partial charge in [0.2, 0.25) is 5.91 Å². The average Bonchev–Trinajstić information content (AvgIpc) is 2.78. The van der Waals surface area contributed by atoms with Crippen molar-refractivity contribution in [1.29, 1.82) is 0 Å². The van der Waals surface area contributed by atoms with Gasteiger partial charge in [-0.05, 0) is 30.2 Å². The molecule has 172 valence electrons. The lowest BCUT2D eigenvalue weighted by Crippen LogP contribution is -2.40. The number of rotatable bonds is 6. The van der Waals surface area contributed by atoms with Crippen molar-refractivity contribution in [3.05, 3.63) is 92.4 Å². The zero-order chi connectivity index (χ0) is 23.5. The maximum Gasteiger partial charge on any atom is 0.257 e. The van der Waals surface area contributed by atoms with Crippen LogP contribution < -0.4 is 10.9 Å². The molecule has 0 saturated heterocycles. The average molecular weight is 469 g/mol. The normalized spacial score (nSPS) is 13.7. The van der Waals surface area contributed by atoms with Crippen LogP contribution in [0.25, 0.3) is 0 Å². The highest BCUT2D eigenvalue weighted by Crippen LogP contribution is 2.23. The first-order valence-corrected chi connectivity index (χ1v) is 11.3. The minimum atomic E-state index is -0.509. The quantitative estimate of drug-likeness (QED) is 0.583. The molecular formula is C25H26ClFN4O2. The third kappa shape index (κ3) is 5.31. The van der Waals surface area contributed by atoms with E-state index in [4.69, 9.17) is 16.6 Å². The molecule has 0 fully saturated rings. The third-order valence-corrected chi connectivity index (χ3v) is 6.03. The molecule has 1 aliphatic rings. The van der Waals surface area contributed by atoms with Gasteiger partial charge in [0.1, 0.15) is 18.2 Å². The van der Waals surface area contributed by atoms with Gasteiger partial charge in [-0.2, -0.15) is 0 Å². The van der Waals surface area contributed by atoms with Gasteiger partial charge in [0, 0.05) is 31.1 Å². The van der Waals surface area contributed by atoms with Crippen LogP contribution in [-0.4, -0.2) is 26.9 Å². The van der Waals surface area contributed by atoms with Crippen LogP contribution >= 0.6 is 11.6 Å². The summed E-state index contributed by atoms with van der Waals surface area (Å²) in [7, 11) is 0. The number of nitrogens with zero attached hydrogens (tertiary/aromatic N) is 3. The first-order chi connectivity index (χ1) is 15.8. The van der Waals surface area contributed by atoms with Crippen LogP contribution in [-0.2, 0) is 30.8 Å². The monoisotopic (exact) mass is 468 g/mol. The Hall–Kier alpha value is -3.03. The number of benzene rings is 2. The van der Waals surface area contributed by atoms with Crippen molar-refractivity contribution in [2.24, 2.45) is 0 Å². The summed E-state index contributed by atoms with van der Waals surface area (Å²) in [6.45, 7) is 5.79. The first-order valence-electron chi connectivity index (χ1n) is 11.0. The van der Waals surface area contributed by atoms with E-state index in [2.05, 4.69) is 22.3 Å². The molecule has 0 saturated carbocycles. The smallest absolute Gasteiger partial charge is 0.257 e. The number of hydrogen-bond acceptors (Lipinski definition) is 4. The standard InChI is InChI=1S/C25H26ClFN4O2/c1-16(2)24-29-22-14-30(13-17-6-4-3-5-7-17)11-10-19(22)25(33)31(24)15-23(32)28-21-12-18(27)8-9-20(21)26/h3-9,12,16H,10-11,13-15H2,1-2H3,(H,28,32). The van der Waals surface area contributed by atoms with Crippen LogP contribution in [0.15, 0.2) is 53.3 Å². The Morgan fingerprint density at radius 3 is 2.70 bits per heavy atom. The summed E-state index contributed by atoms with van der Waals surface area (Å²) in [6.07, 6.45) is 0.573. The molecule has 0 bridgehead atoms. The van der Waals surface area contributed by atoms with Crippen LogP contribution in [0.1, 0.15) is 42.4 Å². The molecule has 3 aromatic rings. The van der Waals surface area contributed by atoms with Crippen molar-refractivity contribution < 1.29 is 9.18 Å². The fourth-order valence-electron chi connectivity index (χ4n) is 4.10. The zero-order valence-electron chi connectivity index (χ0n) is 18.6. The predicted molar refractivity (Wildman–Crippen MR) is 127 cm³/mol. The molecule has 1 N–H and O–H groups in total. The van der Waals surface area contributed by atoms with E-state index in [0.717, 1.165) is 24.8 Å². The highest BCUT2D eigenvalue weighted by molar-refractivity contribution is 6.33. The lowest BCUT2D eigenvalue weighted by Gasteiger charge is -2.29. The van der Waals surface area contributed by atoms with Gasteiger partial charge in [0.05, 0.1) is 16.4 Å². The Bertz CT molecular complexity index is 1230. The van der Waals surface area contributed by atoms with E-state index >= 15 is 0 Å². The largest absolute Gasteiger partial charge is 0.323 e. The molecule has 0 aliphatic carbocycles. The minimum absolute atomic E-state index is 0.0574. The number of anilines is 1. The van der Waals surface area contributed by atoms with Crippen LogP contribution in [0.3, 0.4) is 0 Å². The second kappa shape index (κ2) is 9.85. The second-order valence-electron chi connectivity index (χ2n) is 8.56. The van der Waals surface area contributed by atoms with Gasteiger partial charge < -0.3 is 5.32 Å². The summed E-state index contributed by atoms with van der Waals surface area (Å²) in [5.41, 5.74) is 2.62. The van der Waals surface area contributed by atoms with Gasteiger partial charge >= 0.3 is 0 Å². The summed E-state index contributed by atoms with van der Waals surface area (Å²) in [5, 5.41) is 2.83. The molecule has 1 aromatic heterocycles. The molecule has 33 heavy (non-hydrogen) atoms. The molecule has 0 spiro atoms. The topological polar surface area (TPSA) is 67.2 Å². The SMILES string of the molecule is CC(C)c1nc2c(c(=O)n1CC(=O)Nc1cc(F)ccc1Cl)CCN(Cc1ccccc1)C2. The second-order valence-corrected chi connectivity index (χ2v) is 8.97. The van der Waals surface area contributed by atoms with Gasteiger partial charge in [0.25, 0.3) is 5.56 Å². The lowest BCUT2D eigenvalue weighted by molar-refractivity contribution is -0.116. The van der Waals surface area contributed by atoms with E-state index in [1.165, 1.54) is 22.3 Å². The molecule has 1 aliphatic heterocycles. The fraction of sp³-hybridized carbons (Fsp3) is 0.320. The summed E-state index contributed by atoms with van der Waals surface area (Å²) >= 11 is 6.06. The summed E-state index contributed by atoms with van der Waals surface area (Å²) in [4.78, 5) is 33.1.